The van der Waals surface area contributed by atoms with Crippen LogP contribution in [0.25, 0.3) is 0 Å². The highest BCUT2D eigenvalue weighted by Crippen LogP contribution is 2.25. The predicted octanol–water partition coefficient (Wildman–Crippen LogP) is 1.98. The molecule has 0 spiro atoms. The van der Waals surface area contributed by atoms with E-state index in [0.717, 1.165) is 11.1 Å². The molecule has 142 valence electrons. The number of urea groups is 1. The quantitative estimate of drug-likeness (QED) is 0.749. The fourth-order valence-electron chi connectivity index (χ4n) is 3.12. The highest BCUT2D eigenvalue weighted by Gasteiger charge is 2.37. The van der Waals surface area contributed by atoms with Gasteiger partial charge in [-0.1, -0.05) is 24.3 Å². The first-order valence-corrected chi connectivity index (χ1v) is 8.67. The lowest BCUT2D eigenvalue weighted by atomic mass is 9.94. The van der Waals surface area contributed by atoms with E-state index in [9.17, 15) is 14.4 Å². The fourth-order valence-corrected chi connectivity index (χ4v) is 3.12. The Kier molecular flexibility index (Phi) is 6.60. The van der Waals surface area contributed by atoms with Crippen LogP contribution in [0.4, 0.5) is 4.79 Å². The number of fused-ring (bicyclic) bond motifs is 1. The van der Waals surface area contributed by atoms with Crippen molar-refractivity contribution in [3.05, 3.63) is 35.4 Å². The first-order chi connectivity index (χ1) is 12.4. The van der Waals surface area contributed by atoms with E-state index in [1.54, 1.807) is 4.90 Å². The van der Waals surface area contributed by atoms with Crippen molar-refractivity contribution in [1.82, 2.24) is 9.80 Å². The van der Waals surface area contributed by atoms with Crippen molar-refractivity contribution in [3.63, 3.8) is 0 Å². The second-order valence-electron chi connectivity index (χ2n) is 6.54. The number of methoxy groups -OCH3 is 2. The van der Waals surface area contributed by atoms with Crippen LogP contribution in [0.15, 0.2) is 24.3 Å². The zero-order valence-corrected chi connectivity index (χ0v) is 15.7. The van der Waals surface area contributed by atoms with Gasteiger partial charge in [0.05, 0.1) is 20.6 Å². The summed E-state index contributed by atoms with van der Waals surface area (Å²) in [7, 11) is 2.64. The zero-order chi connectivity index (χ0) is 19.3. The minimum atomic E-state index is -0.679. The lowest BCUT2D eigenvalue weighted by Crippen LogP contribution is -2.55. The van der Waals surface area contributed by atoms with Crippen LogP contribution in [-0.4, -0.2) is 60.6 Å². The van der Waals surface area contributed by atoms with E-state index in [1.165, 1.54) is 19.1 Å². The summed E-state index contributed by atoms with van der Waals surface area (Å²) < 4.78 is 9.58. The second kappa shape index (κ2) is 8.69. The van der Waals surface area contributed by atoms with E-state index in [4.69, 9.17) is 4.74 Å². The lowest BCUT2D eigenvalue weighted by Gasteiger charge is -2.39. The Bertz CT molecular complexity index is 674. The molecule has 0 bridgehead atoms. The van der Waals surface area contributed by atoms with Crippen molar-refractivity contribution >= 4 is 18.0 Å². The van der Waals surface area contributed by atoms with Gasteiger partial charge in [-0.3, -0.25) is 4.79 Å². The molecule has 0 saturated carbocycles. The van der Waals surface area contributed by atoms with Gasteiger partial charge in [0.2, 0.25) is 0 Å². The molecule has 0 saturated heterocycles. The monoisotopic (exact) mass is 362 g/mol. The van der Waals surface area contributed by atoms with Crippen LogP contribution >= 0.6 is 0 Å². The average molecular weight is 362 g/mol. The van der Waals surface area contributed by atoms with Crippen LogP contribution in [0.5, 0.6) is 0 Å². The van der Waals surface area contributed by atoms with E-state index in [2.05, 4.69) is 4.74 Å². The molecule has 26 heavy (non-hydrogen) atoms. The van der Waals surface area contributed by atoms with Gasteiger partial charge >= 0.3 is 18.0 Å². The number of amides is 2. The molecule has 0 aliphatic carbocycles. The molecule has 0 radical (unpaired) electrons. The number of carbonyl (C=O) groups is 3. The molecule has 0 fully saturated rings. The molecular weight excluding hydrogens is 336 g/mol. The maximum absolute atomic E-state index is 13.2. The molecule has 1 aliphatic rings. The van der Waals surface area contributed by atoms with Crippen LogP contribution in [0.2, 0.25) is 0 Å². The molecule has 1 heterocycles. The molecule has 2 amide bonds. The van der Waals surface area contributed by atoms with Crippen molar-refractivity contribution in [1.29, 1.82) is 0 Å². The summed E-state index contributed by atoms with van der Waals surface area (Å²) in [5.41, 5.74) is 2.05. The van der Waals surface area contributed by atoms with Gasteiger partial charge in [-0.25, -0.2) is 9.59 Å². The van der Waals surface area contributed by atoms with Gasteiger partial charge in [-0.15, -0.1) is 0 Å². The van der Waals surface area contributed by atoms with Gasteiger partial charge in [-0.2, -0.15) is 0 Å². The van der Waals surface area contributed by atoms with Crippen LogP contribution in [-0.2, 0) is 32.0 Å². The minimum absolute atomic E-state index is 0.105. The van der Waals surface area contributed by atoms with E-state index in [1.807, 2.05) is 38.1 Å². The molecule has 7 nitrogen and oxygen atoms in total. The van der Waals surface area contributed by atoms with Gasteiger partial charge in [0, 0.05) is 25.6 Å². The summed E-state index contributed by atoms with van der Waals surface area (Å²) in [6, 6.07) is 6.67. The molecule has 0 N–H and O–H groups in total. The van der Waals surface area contributed by atoms with E-state index in [-0.39, 0.29) is 31.0 Å². The van der Waals surface area contributed by atoms with Crippen molar-refractivity contribution in [2.75, 3.05) is 20.8 Å². The second-order valence-corrected chi connectivity index (χ2v) is 6.54. The number of esters is 2. The molecule has 1 aromatic carbocycles. The average Bonchev–Trinajstić information content (AvgIpc) is 2.65. The highest BCUT2D eigenvalue weighted by molar-refractivity contribution is 5.85. The Labute approximate surface area is 153 Å². The summed E-state index contributed by atoms with van der Waals surface area (Å²) in [5, 5.41) is 0. The molecule has 1 unspecified atom stereocenters. The number of ether oxygens (including phenoxy) is 2. The SMILES string of the molecule is COC(=O)CCN(C(=O)N1Cc2ccccc2CC1C(=O)OC)C(C)C. The summed E-state index contributed by atoms with van der Waals surface area (Å²) in [6.45, 7) is 4.31. The molecular formula is C19H26N2O5. The van der Waals surface area contributed by atoms with Crippen molar-refractivity contribution in [2.45, 2.75) is 45.3 Å². The lowest BCUT2D eigenvalue weighted by molar-refractivity contribution is -0.147. The van der Waals surface area contributed by atoms with Crippen molar-refractivity contribution in [3.8, 4) is 0 Å². The van der Waals surface area contributed by atoms with Gasteiger partial charge in [0.15, 0.2) is 0 Å². The third-order valence-corrected chi connectivity index (χ3v) is 4.62. The van der Waals surface area contributed by atoms with Gasteiger partial charge < -0.3 is 19.3 Å². The number of hydrogen-bond acceptors (Lipinski definition) is 5. The summed E-state index contributed by atoms with van der Waals surface area (Å²) in [5.74, 6) is -0.818. The predicted molar refractivity (Wildman–Crippen MR) is 95.4 cm³/mol. The maximum atomic E-state index is 13.2. The molecule has 1 aliphatic heterocycles. The van der Waals surface area contributed by atoms with Gasteiger partial charge in [-0.05, 0) is 25.0 Å². The molecule has 2 rings (SSSR count). The van der Waals surface area contributed by atoms with Crippen molar-refractivity contribution < 1.29 is 23.9 Å². The number of carbonyl (C=O) groups excluding carboxylic acids is 3. The Hall–Kier alpha value is -2.57. The minimum Gasteiger partial charge on any atom is -0.469 e. The number of rotatable bonds is 5. The Balaban J connectivity index is 2.26. The number of benzene rings is 1. The summed E-state index contributed by atoms with van der Waals surface area (Å²) in [6.07, 6.45) is 0.519. The smallest absolute Gasteiger partial charge is 0.329 e. The fraction of sp³-hybridized carbons (Fsp3) is 0.526. The first-order valence-electron chi connectivity index (χ1n) is 8.67. The Morgan fingerprint density at radius 1 is 1.15 bits per heavy atom. The van der Waals surface area contributed by atoms with E-state index in [0.29, 0.717) is 13.0 Å². The standard InChI is InChI=1S/C19H26N2O5/c1-13(2)20(10-9-17(22)25-3)19(24)21-12-15-8-6-5-7-14(15)11-16(21)18(23)26-4/h5-8,13,16H,9-12H2,1-4H3. The maximum Gasteiger partial charge on any atom is 0.329 e. The topological polar surface area (TPSA) is 76.2 Å². The molecule has 1 aromatic rings. The zero-order valence-electron chi connectivity index (χ0n) is 15.7. The largest absolute Gasteiger partial charge is 0.469 e. The summed E-state index contributed by atoms with van der Waals surface area (Å²) in [4.78, 5) is 40.1. The normalized spacial score (nSPS) is 16.0. The summed E-state index contributed by atoms with van der Waals surface area (Å²) >= 11 is 0. The Morgan fingerprint density at radius 3 is 2.38 bits per heavy atom. The van der Waals surface area contributed by atoms with E-state index >= 15 is 0 Å². The first kappa shape index (κ1) is 19.8. The number of nitrogens with zero attached hydrogens (tertiary/aromatic N) is 2. The van der Waals surface area contributed by atoms with Crippen LogP contribution < -0.4 is 0 Å². The molecule has 7 heteroatoms. The van der Waals surface area contributed by atoms with E-state index < -0.39 is 12.0 Å². The number of hydrogen-bond donors (Lipinski definition) is 0. The van der Waals surface area contributed by atoms with Gasteiger partial charge in [0.1, 0.15) is 6.04 Å². The Morgan fingerprint density at radius 2 is 1.81 bits per heavy atom. The highest BCUT2D eigenvalue weighted by atomic mass is 16.5. The molecule has 1 atom stereocenters. The van der Waals surface area contributed by atoms with Crippen LogP contribution in [0, 0.1) is 0 Å². The third kappa shape index (κ3) is 4.33. The van der Waals surface area contributed by atoms with Gasteiger partial charge in [0.25, 0.3) is 0 Å². The molecule has 0 aromatic heterocycles. The van der Waals surface area contributed by atoms with Crippen LogP contribution in [0.1, 0.15) is 31.4 Å². The van der Waals surface area contributed by atoms with Crippen LogP contribution in [0.3, 0.4) is 0 Å². The third-order valence-electron chi connectivity index (χ3n) is 4.62. The van der Waals surface area contributed by atoms with Crippen molar-refractivity contribution in [2.24, 2.45) is 0 Å².